The number of hydrogen-bond donors (Lipinski definition) is 2. The maximum atomic E-state index is 12.4. The summed E-state index contributed by atoms with van der Waals surface area (Å²) in [5.74, 6) is -0.0176. The van der Waals surface area contributed by atoms with Crippen molar-refractivity contribution in [3.8, 4) is 0 Å². The lowest BCUT2D eigenvalue weighted by Crippen LogP contribution is -2.42. The molecule has 0 saturated carbocycles. The van der Waals surface area contributed by atoms with Crippen molar-refractivity contribution < 1.29 is 9.72 Å². The van der Waals surface area contributed by atoms with Gasteiger partial charge in [0.1, 0.15) is 0 Å². The van der Waals surface area contributed by atoms with Gasteiger partial charge in [-0.2, -0.15) is 0 Å². The van der Waals surface area contributed by atoms with E-state index in [0.29, 0.717) is 11.3 Å². The van der Waals surface area contributed by atoms with E-state index in [-0.39, 0.29) is 17.0 Å². The zero-order chi connectivity index (χ0) is 14.8. The van der Waals surface area contributed by atoms with Gasteiger partial charge in [-0.05, 0) is 44.5 Å². The van der Waals surface area contributed by atoms with Crippen LogP contribution in [0.1, 0.15) is 25.3 Å². The molecule has 2 N–H and O–H groups in total. The summed E-state index contributed by atoms with van der Waals surface area (Å²) in [6, 6.07) is 4.48. The number of anilines is 1. The second-order valence-electron chi connectivity index (χ2n) is 5.52. The lowest BCUT2D eigenvalue weighted by molar-refractivity contribution is -0.384. The van der Waals surface area contributed by atoms with Gasteiger partial charge in [-0.3, -0.25) is 14.9 Å². The molecule has 0 spiro atoms. The van der Waals surface area contributed by atoms with E-state index in [2.05, 4.69) is 10.6 Å². The predicted molar refractivity (Wildman–Crippen MR) is 76.7 cm³/mol. The van der Waals surface area contributed by atoms with Crippen LogP contribution in [0, 0.1) is 22.5 Å². The highest BCUT2D eigenvalue weighted by atomic mass is 16.6. The standard InChI is InChI=1S/C14H19N3O3/c1-10-9-11(17(19)20)3-4-12(10)16-13(18)14(2)5-7-15-8-6-14/h3-4,9,15H,5-8H2,1-2H3,(H,16,18). The first-order valence-electron chi connectivity index (χ1n) is 6.70. The van der Waals surface area contributed by atoms with Crippen LogP contribution in [0.25, 0.3) is 0 Å². The second kappa shape index (κ2) is 5.58. The van der Waals surface area contributed by atoms with E-state index in [1.807, 2.05) is 6.92 Å². The van der Waals surface area contributed by atoms with Gasteiger partial charge in [-0.25, -0.2) is 0 Å². The van der Waals surface area contributed by atoms with Gasteiger partial charge in [0.05, 0.1) is 4.92 Å². The fourth-order valence-corrected chi connectivity index (χ4v) is 2.38. The highest BCUT2D eigenvalue weighted by Crippen LogP contribution is 2.30. The Morgan fingerprint density at radius 3 is 2.60 bits per heavy atom. The number of nitrogens with one attached hydrogen (secondary N) is 2. The van der Waals surface area contributed by atoms with Gasteiger partial charge in [-0.1, -0.05) is 6.92 Å². The molecule has 108 valence electrons. The van der Waals surface area contributed by atoms with Crippen LogP contribution < -0.4 is 10.6 Å². The van der Waals surface area contributed by atoms with Crippen LogP contribution in [0.5, 0.6) is 0 Å². The Balaban J connectivity index is 2.13. The van der Waals surface area contributed by atoms with Crippen molar-refractivity contribution in [2.75, 3.05) is 18.4 Å². The molecule has 1 aromatic rings. The van der Waals surface area contributed by atoms with Crippen molar-refractivity contribution in [1.29, 1.82) is 0 Å². The number of piperidine rings is 1. The molecule has 1 aromatic carbocycles. The molecule has 0 radical (unpaired) electrons. The molecule has 1 heterocycles. The van der Waals surface area contributed by atoms with Gasteiger partial charge in [0, 0.05) is 23.2 Å². The monoisotopic (exact) mass is 277 g/mol. The van der Waals surface area contributed by atoms with Gasteiger partial charge in [0.2, 0.25) is 5.91 Å². The minimum atomic E-state index is -0.438. The van der Waals surface area contributed by atoms with E-state index >= 15 is 0 Å². The van der Waals surface area contributed by atoms with Crippen LogP contribution in [-0.2, 0) is 4.79 Å². The topological polar surface area (TPSA) is 84.3 Å². The Hall–Kier alpha value is -1.95. The van der Waals surface area contributed by atoms with E-state index in [0.717, 1.165) is 25.9 Å². The molecular formula is C14H19N3O3. The second-order valence-corrected chi connectivity index (χ2v) is 5.52. The Kier molecular flexibility index (Phi) is 4.04. The number of amides is 1. The lowest BCUT2D eigenvalue weighted by Gasteiger charge is -2.32. The van der Waals surface area contributed by atoms with Crippen LogP contribution in [0.15, 0.2) is 18.2 Å². The lowest BCUT2D eigenvalue weighted by atomic mass is 9.80. The third-order valence-electron chi connectivity index (χ3n) is 3.92. The molecule has 1 fully saturated rings. The maximum Gasteiger partial charge on any atom is 0.269 e. The largest absolute Gasteiger partial charge is 0.325 e. The smallest absolute Gasteiger partial charge is 0.269 e. The number of non-ortho nitro benzene ring substituents is 1. The maximum absolute atomic E-state index is 12.4. The summed E-state index contributed by atoms with van der Waals surface area (Å²) in [7, 11) is 0. The summed E-state index contributed by atoms with van der Waals surface area (Å²) in [5, 5.41) is 16.8. The Morgan fingerprint density at radius 2 is 2.05 bits per heavy atom. The fraction of sp³-hybridized carbons (Fsp3) is 0.500. The number of nitro groups is 1. The zero-order valence-electron chi connectivity index (χ0n) is 11.7. The molecule has 1 saturated heterocycles. The number of hydrogen-bond acceptors (Lipinski definition) is 4. The molecule has 1 aliphatic rings. The van der Waals surface area contributed by atoms with E-state index in [1.165, 1.54) is 12.1 Å². The number of carbonyl (C=O) groups excluding carboxylic acids is 1. The third kappa shape index (κ3) is 2.96. The molecule has 1 aliphatic heterocycles. The van der Waals surface area contributed by atoms with Gasteiger partial charge in [0.25, 0.3) is 5.69 Å². The molecule has 0 atom stereocenters. The summed E-state index contributed by atoms with van der Waals surface area (Å²) in [6.07, 6.45) is 1.59. The zero-order valence-corrected chi connectivity index (χ0v) is 11.7. The van der Waals surface area contributed by atoms with Crippen molar-refractivity contribution >= 4 is 17.3 Å². The molecule has 0 aromatic heterocycles. The fourth-order valence-electron chi connectivity index (χ4n) is 2.38. The molecule has 2 rings (SSSR count). The van der Waals surface area contributed by atoms with Crippen LogP contribution in [-0.4, -0.2) is 23.9 Å². The van der Waals surface area contributed by atoms with Crippen LogP contribution in [0.2, 0.25) is 0 Å². The Morgan fingerprint density at radius 1 is 1.40 bits per heavy atom. The van der Waals surface area contributed by atoms with Gasteiger partial charge in [0.15, 0.2) is 0 Å². The first-order valence-corrected chi connectivity index (χ1v) is 6.70. The average molecular weight is 277 g/mol. The molecule has 1 amide bonds. The van der Waals surface area contributed by atoms with Crippen molar-refractivity contribution in [3.63, 3.8) is 0 Å². The molecule has 6 heteroatoms. The summed E-state index contributed by atoms with van der Waals surface area (Å²) < 4.78 is 0. The van der Waals surface area contributed by atoms with Crippen molar-refractivity contribution in [3.05, 3.63) is 33.9 Å². The number of nitrogens with zero attached hydrogens (tertiary/aromatic N) is 1. The van der Waals surface area contributed by atoms with Crippen LogP contribution >= 0.6 is 0 Å². The van der Waals surface area contributed by atoms with E-state index in [9.17, 15) is 14.9 Å². The Bertz CT molecular complexity index is 536. The SMILES string of the molecule is Cc1cc([N+](=O)[O-])ccc1NC(=O)C1(C)CCNCC1. The molecule has 0 aliphatic carbocycles. The number of aryl methyl sites for hydroxylation is 1. The minimum absolute atomic E-state index is 0.0176. The van der Waals surface area contributed by atoms with Gasteiger partial charge < -0.3 is 10.6 Å². The normalized spacial score (nSPS) is 17.5. The number of carbonyl (C=O) groups is 1. The summed E-state index contributed by atoms with van der Waals surface area (Å²) in [5.41, 5.74) is 0.999. The first-order chi connectivity index (χ1) is 9.42. The molecule has 20 heavy (non-hydrogen) atoms. The van der Waals surface area contributed by atoms with E-state index < -0.39 is 4.92 Å². The predicted octanol–water partition coefficient (Wildman–Crippen LogP) is 2.23. The van der Waals surface area contributed by atoms with E-state index in [4.69, 9.17) is 0 Å². The molecule has 0 bridgehead atoms. The minimum Gasteiger partial charge on any atom is -0.325 e. The molecule has 6 nitrogen and oxygen atoms in total. The first kappa shape index (κ1) is 14.5. The van der Waals surface area contributed by atoms with Gasteiger partial charge in [-0.15, -0.1) is 0 Å². The molecule has 0 unspecified atom stereocenters. The number of benzene rings is 1. The summed E-state index contributed by atoms with van der Waals surface area (Å²) in [6.45, 7) is 5.39. The molecular weight excluding hydrogens is 258 g/mol. The van der Waals surface area contributed by atoms with E-state index in [1.54, 1.807) is 13.0 Å². The van der Waals surface area contributed by atoms with Crippen LogP contribution in [0.3, 0.4) is 0 Å². The third-order valence-corrected chi connectivity index (χ3v) is 3.92. The van der Waals surface area contributed by atoms with Gasteiger partial charge >= 0.3 is 0 Å². The van der Waals surface area contributed by atoms with Crippen LogP contribution in [0.4, 0.5) is 11.4 Å². The number of rotatable bonds is 3. The number of nitro benzene ring substituents is 1. The summed E-state index contributed by atoms with van der Waals surface area (Å²) in [4.78, 5) is 22.6. The van der Waals surface area contributed by atoms with Crippen molar-refractivity contribution in [1.82, 2.24) is 5.32 Å². The highest BCUT2D eigenvalue weighted by Gasteiger charge is 2.34. The summed E-state index contributed by atoms with van der Waals surface area (Å²) >= 11 is 0. The highest BCUT2D eigenvalue weighted by molar-refractivity contribution is 5.95. The van der Waals surface area contributed by atoms with Crippen molar-refractivity contribution in [2.24, 2.45) is 5.41 Å². The van der Waals surface area contributed by atoms with Crippen molar-refractivity contribution in [2.45, 2.75) is 26.7 Å². The Labute approximate surface area is 117 Å². The quantitative estimate of drug-likeness (QED) is 0.655. The average Bonchev–Trinajstić information content (AvgIpc) is 2.41.